The molecular formula is C10H5F9N2O. The maximum atomic E-state index is 13.1. The van der Waals surface area contributed by atoms with Crippen LogP contribution in [0.15, 0.2) is 24.4 Å². The predicted molar refractivity (Wildman–Crippen MR) is 53.8 cm³/mol. The van der Waals surface area contributed by atoms with E-state index in [1.54, 1.807) is 0 Å². The number of amides is 1. The highest BCUT2D eigenvalue weighted by atomic mass is 19.4. The molecule has 1 aromatic heterocycles. The second-order valence-corrected chi connectivity index (χ2v) is 3.89. The number of aromatic nitrogens is 1. The third-order valence-corrected chi connectivity index (χ3v) is 2.34. The summed E-state index contributed by atoms with van der Waals surface area (Å²) in [5.74, 6) is -24.3. The van der Waals surface area contributed by atoms with Crippen molar-refractivity contribution < 1.29 is 44.3 Å². The van der Waals surface area contributed by atoms with Crippen LogP contribution in [-0.4, -0.2) is 34.8 Å². The Hall–Kier alpha value is -2.01. The van der Waals surface area contributed by atoms with Gasteiger partial charge >= 0.3 is 29.9 Å². The first-order valence-electron chi connectivity index (χ1n) is 5.18. The minimum atomic E-state index is -7.12. The van der Waals surface area contributed by atoms with E-state index in [-0.39, 0.29) is 0 Å². The van der Waals surface area contributed by atoms with E-state index in [1.165, 1.54) is 6.07 Å². The van der Waals surface area contributed by atoms with Gasteiger partial charge in [0.05, 0.1) is 0 Å². The van der Waals surface area contributed by atoms with Crippen LogP contribution in [-0.2, 0) is 4.79 Å². The van der Waals surface area contributed by atoms with Crippen molar-refractivity contribution in [3.05, 3.63) is 24.4 Å². The molecule has 0 aliphatic heterocycles. The lowest BCUT2D eigenvalue weighted by Gasteiger charge is -2.32. The molecule has 0 radical (unpaired) electrons. The summed E-state index contributed by atoms with van der Waals surface area (Å²) in [6.45, 7) is 0. The normalized spacial score (nSPS) is 13.9. The van der Waals surface area contributed by atoms with Gasteiger partial charge in [0.1, 0.15) is 5.82 Å². The number of carbonyl (C=O) groups is 1. The molecule has 0 spiro atoms. The van der Waals surface area contributed by atoms with Crippen LogP contribution in [0.5, 0.6) is 0 Å². The molecule has 0 saturated carbocycles. The van der Waals surface area contributed by atoms with Gasteiger partial charge in [0, 0.05) is 6.20 Å². The second kappa shape index (κ2) is 5.32. The van der Waals surface area contributed by atoms with Crippen LogP contribution in [0.4, 0.5) is 45.3 Å². The zero-order chi connectivity index (χ0) is 17.4. The second-order valence-electron chi connectivity index (χ2n) is 3.89. The first kappa shape index (κ1) is 18.0. The lowest BCUT2D eigenvalue weighted by atomic mass is 10.0. The maximum Gasteiger partial charge on any atom is 0.460 e. The van der Waals surface area contributed by atoms with Crippen molar-refractivity contribution in [2.45, 2.75) is 23.9 Å². The molecule has 0 atom stereocenters. The van der Waals surface area contributed by atoms with Gasteiger partial charge in [0.15, 0.2) is 0 Å². The van der Waals surface area contributed by atoms with Gasteiger partial charge in [0.25, 0.3) is 0 Å². The number of hydrogen-bond donors (Lipinski definition) is 1. The molecule has 0 aliphatic carbocycles. The SMILES string of the molecule is O=C(Nc1ccccn1)C(F)(F)C(F)(F)C(F)(F)C(F)(F)F. The summed E-state index contributed by atoms with van der Waals surface area (Å²) < 4.78 is 113. The van der Waals surface area contributed by atoms with Gasteiger partial charge in [-0.05, 0) is 12.1 Å². The molecule has 0 bridgehead atoms. The zero-order valence-electron chi connectivity index (χ0n) is 10.1. The highest BCUT2D eigenvalue weighted by Gasteiger charge is 2.83. The third kappa shape index (κ3) is 2.81. The highest BCUT2D eigenvalue weighted by Crippen LogP contribution is 2.53. The molecule has 1 N–H and O–H groups in total. The van der Waals surface area contributed by atoms with Crippen molar-refractivity contribution in [2.75, 3.05) is 5.32 Å². The van der Waals surface area contributed by atoms with E-state index in [0.29, 0.717) is 0 Å². The Labute approximate surface area is 116 Å². The maximum absolute atomic E-state index is 13.1. The minimum Gasteiger partial charge on any atom is -0.305 e. The summed E-state index contributed by atoms with van der Waals surface area (Å²) in [6, 6.07) is 3.18. The molecule has 1 rings (SSSR count). The molecule has 0 aliphatic rings. The van der Waals surface area contributed by atoms with Crippen molar-refractivity contribution in [3.8, 4) is 0 Å². The number of nitrogens with one attached hydrogen (secondary N) is 1. The van der Waals surface area contributed by atoms with Gasteiger partial charge in [-0.15, -0.1) is 0 Å². The Kier molecular flexibility index (Phi) is 4.36. The molecule has 124 valence electrons. The van der Waals surface area contributed by atoms with Crippen LogP contribution in [0.2, 0.25) is 0 Å². The Morgan fingerprint density at radius 3 is 1.86 bits per heavy atom. The minimum absolute atomic E-state index is 0.738. The Morgan fingerprint density at radius 2 is 1.45 bits per heavy atom. The van der Waals surface area contributed by atoms with E-state index < -0.39 is 35.7 Å². The lowest BCUT2D eigenvalue weighted by Crippen LogP contribution is -2.64. The van der Waals surface area contributed by atoms with Crippen LogP contribution in [0.1, 0.15) is 0 Å². The molecule has 12 heteroatoms. The van der Waals surface area contributed by atoms with Crippen LogP contribution in [0, 0.1) is 0 Å². The Balaban J connectivity index is 3.13. The average molecular weight is 340 g/mol. The summed E-state index contributed by atoms with van der Waals surface area (Å²) in [5.41, 5.74) is 0. The van der Waals surface area contributed by atoms with Gasteiger partial charge in [-0.1, -0.05) is 6.07 Å². The highest BCUT2D eigenvalue weighted by molar-refractivity contribution is 5.96. The lowest BCUT2D eigenvalue weighted by molar-refractivity contribution is -0.388. The van der Waals surface area contributed by atoms with Crippen molar-refractivity contribution in [1.29, 1.82) is 0 Å². The van der Waals surface area contributed by atoms with E-state index in [1.807, 2.05) is 0 Å². The Morgan fingerprint density at radius 1 is 0.909 bits per heavy atom. The van der Waals surface area contributed by atoms with Gasteiger partial charge < -0.3 is 5.32 Å². The van der Waals surface area contributed by atoms with Crippen LogP contribution >= 0.6 is 0 Å². The van der Waals surface area contributed by atoms with E-state index in [2.05, 4.69) is 4.98 Å². The zero-order valence-corrected chi connectivity index (χ0v) is 10.1. The fourth-order valence-corrected chi connectivity index (χ4v) is 1.15. The quantitative estimate of drug-likeness (QED) is 0.853. The fraction of sp³-hybridized carbons (Fsp3) is 0.400. The summed E-state index contributed by atoms with van der Waals surface area (Å²) >= 11 is 0. The monoisotopic (exact) mass is 340 g/mol. The van der Waals surface area contributed by atoms with Crippen molar-refractivity contribution >= 4 is 11.7 Å². The number of anilines is 1. The van der Waals surface area contributed by atoms with Gasteiger partial charge in [-0.25, -0.2) is 4.98 Å². The number of pyridine rings is 1. The number of halogens is 9. The largest absolute Gasteiger partial charge is 0.460 e. The number of hydrogen-bond acceptors (Lipinski definition) is 2. The summed E-state index contributed by atoms with van der Waals surface area (Å²) in [6.07, 6.45) is -6.05. The molecule has 1 aromatic rings. The first-order valence-corrected chi connectivity index (χ1v) is 5.18. The van der Waals surface area contributed by atoms with E-state index in [4.69, 9.17) is 0 Å². The molecule has 0 aromatic carbocycles. The van der Waals surface area contributed by atoms with Crippen molar-refractivity contribution in [2.24, 2.45) is 0 Å². The standard InChI is InChI=1S/C10H5F9N2O/c11-7(12,6(22)21-5-3-1-2-4-20-5)8(13,14)9(15,16)10(17,18)19/h1-4H,(H,20,21,22). The smallest absolute Gasteiger partial charge is 0.305 e. The third-order valence-electron chi connectivity index (χ3n) is 2.34. The van der Waals surface area contributed by atoms with Crippen molar-refractivity contribution in [3.63, 3.8) is 0 Å². The predicted octanol–water partition coefficient (Wildman–Crippen LogP) is 3.49. The molecule has 3 nitrogen and oxygen atoms in total. The van der Waals surface area contributed by atoms with Crippen LogP contribution in [0.25, 0.3) is 0 Å². The average Bonchev–Trinajstić information content (AvgIpc) is 2.38. The molecule has 0 saturated heterocycles. The number of nitrogens with zero attached hydrogens (tertiary/aromatic N) is 1. The van der Waals surface area contributed by atoms with Gasteiger partial charge in [-0.2, -0.15) is 39.5 Å². The van der Waals surface area contributed by atoms with Gasteiger partial charge in [-0.3, -0.25) is 4.79 Å². The topological polar surface area (TPSA) is 42.0 Å². The molecule has 22 heavy (non-hydrogen) atoms. The summed E-state index contributed by atoms with van der Waals surface area (Å²) in [7, 11) is 0. The van der Waals surface area contributed by atoms with Gasteiger partial charge in [0.2, 0.25) is 0 Å². The van der Waals surface area contributed by atoms with E-state index in [9.17, 15) is 44.3 Å². The molecule has 1 heterocycles. The van der Waals surface area contributed by atoms with E-state index >= 15 is 0 Å². The Bertz CT molecular complexity index is 541. The molecular weight excluding hydrogens is 335 g/mol. The van der Waals surface area contributed by atoms with Crippen LogP contribution in [0.3, 0.4) is 0 Å². The van der Waals surface area contributed by atoms with E-state index in [0.717, 1.165) is 23.6 Å². The summed E-state index contributed by atoms with van der Waals surface area (Å²) in [4.78, 5) is 14.2. The van der Waals surface area contributed by atoms with Crippen molar-refractivity contribution in [1.82, 2.24) is 4.98 Å². The molecule has 0 fully saturated rings. The summed E-state index contributed by atoms with van der Waals surface area (Å²) in [5, 5.41) is 1.03. The molecule has 0 unspecified atom stereocenters. The molecule has 1 amide bonds. The number of carbonyl (C=O) groups excluding carboxylic acids is 1. The number of alkyl halides is 9. The van der Waals surface area contributed by atoms with Crippen LogP contribution < -0.4 is 5.32 Å². The number of rotatable bonds is 4. The fourth-order valence-electron chi connectivity index (χ4n) is 1.15. The first-order chi connectivity index (χ1) is 9.75.